The van der Waals surface area contributed by atoms with E-state index in [1.807, 2.05) is 37.3 Å². The molecule has 0 radical (unpaired) electrons. The molecule has 9 heteroatoms. The number of aromatic nitrogens is 3. The van der Waals surface area contributed by atoms with Crippen molar-refractivity contribution >= 4 is 38.9 Å². The van der Waals surface area contributed by atoms with Crippen molar-refractivity contribution in [1.82, 2.24) is 14.9 Å². The van der Waals surface area contributed by atoms with Gasteiger partial charge in [0, 0.05) is 17.0 Å². The molecule has 1 aromatic heterocycles. The fraction of sp³-hybridized carbons (Fsp3) is 0.167. The minimum atomic E-state index is -3.72. The Bertz CT molecular complexity index is 1110. The fourth-order valence-corrected chi connectivity index (χ4v) is 6.04. The predicted octanol–water partition coefficient (Wildman–Crippen LogP) is 3.65. The maximum Gasteiger partial charge on any atom is 0.213 e. The third-order valence-electron chi connectivity index (χ3n) is 4.13. The van der Waals surface area contributed by atoms with Crippen molar-refractivity contribution in [2.45, 2.75) is 28.0 Å². The van der Waals surface area contributed by atoms with Crippen LogP contribution in [-0.4, -0.2) is 33.6 Å². The Morgan fingerprint density at radius 2 is 1.78 bits per heavy atom. The van der Waals surface area contributed by atoms with Crippen LogP contribution in [0.5, 0.6) is 0 Å². The summed E-state index contributed by atoms with van der Waals surface area (Å²) in [6.45, 7) is 1.95. The van der Waals surface area contributed by atoms with Gasteiger partial charge in [-0.05, 0) is 24.3 Å². The number of sulfone groups is 1. The predicted molar refractivity (Wildman–Crippen MR) is 106 cm³/mol. The van der Waals surface area contributed by atoms with E-state index in [0.29, 0.717) is 28.1 Å². The molecule has 1 aliphatic heterocycles. The first-order valence-corrected chi connectivity index (χ1v) is 11.1. The summed E-state index contributed by atoms with van der Waals surface area (Å²) in [5.74, 6) is 0.688. The Labute approximate surface area is 166 Å². The normalized spacial score (nSPS) is 16.7. The molecule has 0 saturated heterocycles. The molecule has 4 rings (SSSR count). The Balaban J connectivity index is 1.88. The van der Waals surface area contributed by atoms with E-state index < -0.39 is 14.4 Å². The standard InChI is InChI=1S/C18H15ClN4O2S2/c1-2-15-20-21-18-23(15)22-16(12-6-4-3-5-7-12)17(26-18)27(24,25)14-10-8-13(19)9-11-14/h3-11,17H,2H2,1H3. The molecule has 0 spiro atoms. The van der Waals surface area contributed by atoms with Gasteiger partial charge in [0.15, 0.2) is 20.2 Å². The second-order valence-corrected chi connectivity index (χ2v) is 9.70. The highest BCUT2D eigenvalue weighted by Gasteiger charge is 2.38. The summed E-state index contributed by atoms with van der Waals surface area (Å²) in [6, 6.07) is 15.5. The summed E-state index contributed by atoms with van der Waals surface area (Å²) >= 11 is 7.05. The number of benzene rings is 2. The minimum absolute atomic E-state index is 0.191. The zero-order valence-corrected chi connectivity index (χ0v) is 16.7. The molecule has 1 unspecified atom stereocenters. The number of thioether (sulfide) groups is 1. The first-order chi connectivity index (χ1) is 13.0. The van der Waals surface area contributed by atoms with Crippen molar-refractivity contribution in [3.05, 3.63) is 71.0 Å². The number of hydrogen-bond donors (Lipinski definition) is 0. The van der Waals surface area contributed by atoms with E-state index in [1.54, 1.807) is 16.8 Å². The zero-order chi connectivity index (χ0) is 19.0. The third kappa shape index (κ3) is 3.28. The van der Waals surface area contributed by atoms with Gasteiger partial charge in [0.05, 0.1) is 10.6 Å². The molecule has 1 aliphatic rings. The van der Waals surface area contributed by atoms with Gasteiger partial charge < -0.3 is 0 Å². The first kappa shape index (κ1) is 18.2. The fourth-order valence-electron chi connectivity index (χ4n) is 2.76. The summed E-state index contributed by atoms with van der Waals surface area (Å²) in [5, 5.41) is 13.8. The topological polar surface area (TPSA) is 77.2 Å². The largest absolute Gasteiger partial charge is 0.222 e. The SMILES string of the molecule is CCc1nnc2n1N=C(c1ccccc1)C(S(=O)(=O)c1ccc(Cl)cc1)S2. The molecule has 0 saturated carbocycles. The number of hydrogen-bond acceptors (Lipinski definition) is 6. The highest BCUT2D eigenvalue weighted by atomic mass is 35.5. The molecular formula is C18H15ClN4O2S2. The second kappa shape index (κ2) is 7.10. The van der Waals surface area contributed by atoms with Crippen molar-refractivity contribution in [1.29, 1.82) is 0 Å². The maximum absolute atomic E-state index is 13.4. The second-order valence-electron chi connectivity index (χ2n) is 5.86. The average Bonchev–Trinajstić information content (AvgIpc) is 3.10. The summed E-state index contributed by atoms with van der Waals surface area (Å²) < 4.78 is 27.4. The van der Waals surface area contributed by atoms with Crippen LogP contribution < -0.4 is 0 Å². The van der Waals surface area contributed by atoms with Crippen molar-refractivity contribution < 1.29 is 8.42 Å². The highest BCUT2D eigenvalue weighted by Crippen LogP contribution is 2.36. The molecule has 138 valence electrons. The molecule has 0 amide bonds. The lowest BCUT2D eigenvalue weighted by atomic mass is 10.1. The van der Waals surface area contributed by atoms with Gasteiger partial charge in [-0.2, -0.15) is 9.78 Å². The molecule has 3 aromatic rings. The molecular weight excluding hydrogens is 404 g/mol. The van der Waals surface area contributed by atoms with Gasteiger partial charge in [0.2, 0.25) is 5.16 Å². The number of halogens is 1. The van der Waals surface area contributed by atoms with Crippen LogP contribution in [0.25, 0.3) is 0 Å². The Hall–Kier alpha value is -2.16. The highest BCUT2D eigenvalue weighted by molar-refractivity contribution is 8.14. The van der Waals surface area contributed by atoms with E-state index in [2.05, 4.69) is 15.3 Å². The molecule has 2 heterocycles. The molecule has 0 N–H and O–H groups in total. The molecule has 0 aliphatic carbocycles. The number of nitrogens with zero attached hydrogens (tertiary/aromatic N) is 4. The van der Waals surface area contributed by atoms with Crippen LogP contribution >= 0.6 is 23.4 Å². The van der Waals surface area contributed by atoms with Crippen molar-refractivity contribution in [3.8, 4) is 0 Å². The van der Waals surface area contributed by atoms with Crippen LogP contribution in [-0.2, 0) is 16.3 Å². The van der Waals surface area contributed by atoms with Gasteiger partial charge in [0.25, 0.3) is 0 Å². The van der Waals surface area contributed by atoms with Crippen LogP contribution in [0.3, 0.4) is 0 Å². The quantitative estimate of drug-likeness (QED) is 0.646. The van der Waals surface area contributed by atoms with Gasteiger partial charge in [-0.15, -0.1) is 10.2 Å². The molecule has 1 atom stereocenters. The van der Waals surface area contributed by atoms with E-state index in [0.717, 1.165) is 17.3 Å². The third-order valence-corrected chi connectivity index (χ3v) is 8.05. The first-order valence-electron chi connectivity index (χ1n) is 8.25. The van der Waals surface area contributed by atoms with Gasteiger partial charge in [-0.3, -0.25) is 0 Å². The minimum Gasteiger partial charge on any atom is -0.222 e. The van der Waals surface area contributed by atoms with Crippen LogP contribution in [0, 0.1) is 0 Å². The van der Waals surface area contributed by atoms with E-state index in [9.17, 15) is 8.42 Å². The average molecular weight is 419 g/mol. The summed E-state index contributed by atoms with van der Waals surface area (Å²) in [4.78, 5) is 0.191. The Kier molecular flexibility index (Phi) is 4.79. The summed E-state index contributed by atoms with van der Waals surface area (Å²) in [5.41, 5.74) is 1.20. The van der Waals surface area contributed by atoms with Crippen LogP contribution in [0.15, 0.2) is 69.8 Å². The van der Waals surface area contributed by atoms with Crippen molar-refractivity contribution in [3.63, 3.8) is 0 Å². The lowest BCUT2D eigenvalue weighted by Crippen LogP contribution is -2.32. The Morgan fingerprint density at radius 1 is 1.07 bits per heavy atom. The monoisotopic (exact) mass is 418 g/mol. The van der Waals surface area contributed by atoms with Crippen molar-refractivity contribution in [2.24, 2.45) is 5.10 Å². The molecule has 0 bridgehead atoms. The van der Waals surface area contributed by atoms with E-state index in [4.69, 9.17) is 11.6 Å². The summed E-state index contributed by atoms with van der Waals surface area (Å²) in [6.07, 6.45) is 0.647. The van der Waals surface area contributed by atoms with Crippen LogP contribution in [0.4, 0.5) is 0 Å². The maximum atomic E-state index is 13.4. The van der Waals surface area contributed by atoms with Crippen LogP contribution in [0.1, 0.15) is 18.3 Å². The Morgan fingerprint density at radius 3 is 2.44 bits per heavy atom. The lowest BCUT2D eigenvalue weighted by Gasteiger charge is -2.23. The van der Waals surface area contributed by atoms with E-state index in [1.165, 1.54) is 12.1 Å². The molecule has 2 aromatic carbocycles. The van der Waals surface area contributed by atoms with Gasteiger partial charge in [-0.25, -0.2) is 8.42 Å². The number of aryl methyl sites for hydroxylation is 1. The molecule has 0 fully saturated rings. The van der Waals surface area contributed by atoms with Gasteiger partial charge in [-0.1, -0.05) is 60.6 Å². The number of rotatable bonds is 4. The van der Waals surface area contributed by atoms with Crippen LogP contribution in [0.2, 0.25) is 5.02 Å². The van der Waals surface area contributed by atoms with E-state index >= 15 is 0 Å². The smallest absolute Gasteiger partial charge is 0.213 e. The van der Waals surface area contributed by atoms with Crippen molar-refractivity contribution in [2.75, 3.05) is 0 Å². The van der Waals surface area contributed by atoms with Gasteiger partial charge in [0.1, 0.15) is 0 Å². The lowest BCUT2D eigenvalue weighted by molar-refractivity contribution is 0.597. The molecule has 6 nitrogen and oxygen atoms in total. The number of fused-ring (bicyclic) bond motifs is 1. The zero-order valence-electron chi connectivity index (χ0n) is 14.3. The summed E-state index contributed by atoms with van der Waals surface area (Å²) in [7, 11) is -3.72. The molecule has 27 heavy (non-hydrogen) atoms. The van der Waals surface area contributed by atoms with E-state index in [-0.39, 0.29) is 4.90 Å². The van der Waals surface area contributed by atoms with Gasteiger partial charge >= 0.3 is 0 Å².